The summed E-state index contributed by atoms with van der Waals surface area (Å²) in [6.45, 7) is 3.47. The first-order chi connectivity index (χ1) is 17.7. The van der Waals surface area contributed by atoms with E-state index in [1.807, 2.05) is 44.2 Å². The molecule has 0 saturated heterocycles. The van der Waals surface area contributed by atoms with Crippen LogP contribution in [0.2, 0.25) is 5.02 Å². The molecule has 37 heavy (non-hydrogen) atoms. The van der Waals surface area contributed by atoms with Crippen molar-refractivity contribution in [2.24, 2.45) is 5.10 Å². The van der Waals surface area contributed by atoms with Crippen LogP contribution in [0.4, 0.5) is 5.69 Å². The summed E-state index contributed by atoms with van der Waals surface area (Å²) in [5, 5.41) is 4.44. The molecule has 1 N–H and O–H groups in total. The number of carbonyl (C=O) groups excluding carboxylic acids is 1. The Morgan fingerprint density at radius 3 is 2.46 bits per heavy atom. The molecule has 0 aliphatic carbocycles. The Hall–Kier alpha value is -3.40. The summed E-state index contributed by atoms with van der Waals surface area (Å²) < 4.78 is 30.8. The number of anilines is 1. The zero-order chi connectivity index (χ0) is 26.6. The molecule has 1 heterocycles. The number of amides is 1. The van der Waals surface area contributed by atoms with Gasteiger partial charge in [0.2, 0.25) is 0 Å². The second-order valence-corrected chi connectivity index (χ2v) is 11.5. The fourth-order valence-electron chi connectivity index (χ4n) is 3.94. The zero-order valence-corrected chi connectivity index (χ0v) is 23.3. The lowest BCUT2D eigenvalue weighted by molar-refractivity contribution is -0.119. The van der Waals surface area contributed by atoms with Gasteiger partial charge in [-0.2, -0.15) is 5.10 Å². The molecular formula is C27H24BrClN4O3S. The molecule has 0 spiro atoms. The first kappa shape index (κ1) is 26.7. The van der Waals surface area contributed by atoms with Crippen molar-refractivity contribution in [1.82, 2.24) is 9.99 Å². The van der Waals surface area contributed by atoms with E-state index >= 15 is 0 Å². The first-order valence-electron chi connectivity index (χ1n) is 11.3. The molecule has 10 heteroatoms. The Morgan fingerprint density at radius 1 is 1.03 bits per heavy atom. The molecule has 1 amide bonds. The maximum Gasteiger partial charge on any atom is 0.264 e. The van der Waals surface area contributed by atoms with Gasteiger partial charge in [-0.1, -0.05) is 57.9 Å². The minimum absolute atomic E-state index is 0.0614. The third-order valence-electron chi connectivity index (χ3n) is 5.64. The smallest absolute Gasteiger partial charge is 0.264 e. The fraction of sp³-hybridized carbons (Fsp3) is 0.111. The van der Waals surface area contributed by atoms with Gasteiger partial charge in [0.25, 0.3) is 15.9 Å². The second kappa shape index (κ2) is 11.3. The van der Waals surface area contributed by atoms with Crippen molar-refractivity contribution >= 4 is 55.4 Å². The lowest BCUT2D eigenvalue weighted by atomic mass is 10.2. The Labute approximate surface area is 229 Å². The quantitative estimate of drug-likeness (QED) is 0.204. The van der Waals surface area contributed by atoms with E-state index in [0.717, 1.165) is 31.4 Å². The minimum Gasteiger partial charge on any atom is -0.318 e. The van der Waals surface area contributed by atoms with Gasteiger partial charge in [-0.05, 0) is 68.4 Å². The van der Waals surface area contributed by atoms with Crippen molar-refractivity contribution in [1.29, 1.82) is 0 Å². The van der Waals surface area contributed by atoms with Crippen molar-refractivity contribution in [3.8, 4) is 5.69 Å². The van der Waals surface area contributed by atoms with E-state index in [1.165, 1.54) is 18.2 Å². The van der Waals surface area contributed by atoms with Crippen LogP contribution in [0.25, 0.3) is 5.69 Å². The van der Waals surface area contributed by atoms with E-state index < -0.39 is 22.5 Å². The van der Waals surface area contributed by atoms with E-state index in [0.29, 0.717) is 5.02 Å². The molecule has 7 nitrogen and oxygen atoms in total. The van der Waals surface area contributed by atoms with Crippen LogP contribution in [0.3, 0.4) is 0 Å². The van der Waals surface area contributed by atoms with E-state index in [2.05, 4.69) is 31.0 Å². The highest BCUT2D eigenvalue weighted by Gasteiger charge is 2.27. The molecule has 0 fully saturated rings. The van der Waals surface area contributed by atoms with Gasteiger partial charge < -0.3 is 4.57 Å². The molecule has 4 rings (SSSR count). The van der Waals surface area contributed by atoms with Crippen LogP contribution >= 0.6 is 27.5 Å². The van der Waals surface area contributed by atoms with Crippen molar-refractivity contribution in [2.75, 3.05) is 10.8 Å². The highest BCUT2D eigenvalue weighted by atomic mass is 79.9. The Bertz CT molecular complexity index is 1570. The minimum atomic E-state index is -4.03. The molecule has 3 aromatic carbocycles. The Balaban J connectivity index is 1.55. The molecule has 1 aromatic heterocycles. The van der Waals surface area contributed by atoms with Crippen LogP contribution in [-0.4, -0.2) is 31.7 Å². The van der Waals surface area contributed by atoms with Crippen LogP contribution in [0.5, 0.6) is 0 Å². The molecule has 190 valence electrons. The van der Waals surface area contributed by atoms with Crippen molar-refractivity contribution < 1.29 is 13.2 Å². The Kier molecular flexibility index (Phi) is 8.16. The fourth-order valence-corrected chi connectivity index (χ4v) is 5.94. The largest absolute Gasteiger partial charge is 0.318 e. The van der Waals surface area contributed by atoms with Gasteiger partial charge in [0.15, 0.2) is 0 Å². The lowest BCUT2D eigenvalue weighted by Gasteiger charge is -2.23. The van der Waals surface area contributed by atoms with Crippen LogP contribution in [0.15, 0.2) is 99.4 Å². The zero-order valence-electron chi connectivity index (χ0n) is 20.1. The highest BCUT2D eigenvalue weighted by molar-refractivity contribution is 9.10. The molecule has 0 radical (unpaired) electrons. The van der Waals surface area contributed by atoms with Gasteiger partial charge in [0, 0.05) is 32.1 Å². The topological polar surface area (TPSA) is 83.8 Å². The number of hydrogen-bond acceptors (Lipinski definition) is 4. The predicted molar refractivity (Wildman–Crippen MR) is 151 cm³/mol. The maximum absolute atomic E-state index is 13.4. The van der Waals surface area contributed by atoms with Crippen molar-refractivity contribution in [3.05, 3.63) is 111 Å². The monoisotopic (exact) mass is 598 g/mol. The van der Waals surface area contributed by atoms with Gasteiger partial charge in [0.05, 0.1) is 16.8 Å². The van der Waals surface area contributed by atoms with Gasteiger partial charge in [-0.15, -0.1) is 0 Å². The summed E-state index contributed by atoms with van der Waals surface area (Å²) in [5.41, 5.74) is 6.49. The number of hydrazone groups is 1. The molecule has 0 atom stereocenters. The molecule has 0 aliphatic rings. The average molecular weight is 600 g/mol. The molecule has 0 saturated carbocycles. The van der Waals surface area contributed by atoms with E-state index in [4.69, 9.17) is 11.6 Å². The highest BCUT2D eigenvalue weighted by Crippen LogP contribution is 2.26. The summed E-state index contributed by atoms with van der Waals surface area (Å²) in [7, 11) is -4.03. The number of hydrogen-bond donors (Lipinski definition) is 1. The number of sulfonamides is 1. The standard InChI is InChI=1S/C27H24BrClN4O3S/c1-19-14-21(20(2)33(19)25-11-6-8-22(28)15-25)17-30-31-27(34)18-32(24-10-7-9-23(29)16-24)37(35,36)26-12-4-3-5-13-26/h3-17H,18H2,1-2H3,(H,31,34)/b30-17+. The van der Waals surface area contributed by atoms with Crippen LogP contribution in [0, 0.1) is 13.8 Å². The van der Waals surface area contributed by atoms with Crippen molar-refractivity contribution in [3.63, 3.8) is 0 Å². The SMILES string of the molecule is Cc1cc(/C=N/NC(=O)CN(c2cccc(Cl)c2)S(=O)(=O)c2ccccc2)c(C)n1-c1cccc(Br)c1. The molecule has 4 aromatic rings. The van der Waals surface area contributed by atoms with Gasteiger partial charge in [-0.25, -0.2) is 13.8 Å². The number of benzene rings is 3. The maximum atomic E-state index is 13.4. The normalized spacial score (nSPS) is 11.6. The van der Waals surface area contributed by atoms with E-state index in [9.17, 15) is 13.2 Å². The number of aryl methyl sites for hydroxylation is 1. The van der Waals surface area contributed by atoms with Crippen LogP contribution in [-0.2, 0) is 14.8 Å². The number of aromatic nitrogens is 1. The second-order valence-electron chi connectivity index (χ2n) is 8.24. The number of nitrogens with zero attached hydrogens (tertiary/aromatic N) is 3. The van der Waals surface area contributed by atoms with Gasteiger partial charge >= 0.3 is 0 Å². The summed E-state index contributed by atoms with van der Waals surface area (Å²) >= 11 is 9.61. The summed E-state index contributed by atoms with van der Waals surface area (Å²) in [6, 6.07) is 24.2. The van der Waals surface area contributed by atoms with Gasteiger partial charge in [-0.3, -0.25) is 9.10 Å². The number of rotatable bonds is 8. The number of halogens is 2. The molecule has 0 unspecified atom stereocenters. The Morgan fingerprint density at radius 2 is 1.76 bits per heavy atom. The molecule has 0 aliphatic heterocycles. The predicted octanol–water partition coefficient (Wildman–Crippen LogP) is 5.86. The number of nitrogens with one attached hydrogen (secondary N) is 1. The summed E-state index contributed by atoms with van der Waals surface area (Å²) in [5.74, 6) is -0.600. The average Bonchev–Trinajstić information content (AvgIpc) is 3.15. The third-order valence-corrected chi connectivity index (χ3v) is 8.16. The van der Waals surface area contributed by atoms with Gasteiger partial charge in [0.1, 0.15) is 6.54 Å². The molecule has 0 bridgehead atoms. The van der Waals surface area contributed by atoms with E-state index in [-0.39, 0.29) is 10.6 Å². The molecular weight excluding hydrogens is 576 g/mol. The third kappa shape index (κ3) is 6.12. The van der Waals surface area contributed by atoms with Crippen LogP contribution in [0.1, 0.15) is 17.0 Å². The summed E-state index contributed by atoms with van der Waals surface area (Å²) in [6.07, 6.45) is 1.55. The van der Waals surface area contributed by atoms with Crippen LogP contribution < -0.4 is 9.73 Å². The lowest BCUT2D eigenvalue weighted by Crippen LogP contribution is -2.39. The summed E-state index contributed by atoms with van der Waals surface area (Å²) in [4.78, 5) is 12.9. The van der Waals surface area contributed by atoms with Crippen molar-refractivity contribution in [2.45, 2.75) is 18.7 Å². The van der Waals surface area contributed by atoms with E-state index in [1.54, 1.807) is 42.6 Å². The first-order valence-corrected chi connectivity index (χ1v) is 13.9. The number of carbonyl (C=O) groups is 1.